The lowest BCUT2D eigenvalue weighted by molar-refractivity contribution is -0.140. The van der Waals surface area contributed by atoms with Crippen molar-refractivity contribution in [2.45, 2.75) is 91.1 Å². The zero-order valence-corrected chi connectivity index (χ0v) is 24.4. The molecule has 0 atom stereocenters. The second-order valence-corrected chi connectivity index (χ2v) is 13.4. The summed E-state index contributed by atoms with van der Waals surface area (Å²) in [7, 11) is 0.220. The zero-order valence-electron chi connectivity index (χ0n) is 23.2. The average molecular weight is 506 g/mol. The van der Waals surface area contributed by atoms with Crippen LogP contribution in [0.1, 0.15) is 74.4 Å². The van der Waals surface area contributed by atoms with E-state index in [4.69, 9.17) is 14.1 Å². The summed E-state index contributed by atoms with van der Waals surface area (Å²) in [5.41, 5.74) is 7.56. The molecule has 3 aromatic rings. The second kappa shape index (κ2) is 12.5. The molecule has 1 aromatic heterocycles. The number of carbonyl (C=O) groups excluding carboxylic acids is 1. The number of hydrogen-bond donors (Lipinski definition) is 0. The Kier molecular flexibility index (Phi) is 9.72. The number of ether oxygens (including phenoxy) is 1. The van der Waals surface area contributed by atoms with Gasteiger partial charge in [0.05, 0.1) is 12.6 Å². The van der Waals surface area contributed by atoms with Crippen molar-refractivity contribution in [2.24, 2.45) is 0 Å². The molecule has 5 heteroatoms. The molecule has 4 nitrogen and oxygen atoms in total. The Labute approximate surface area is 219 Å². The number of hydrogen-bond acceptors (Lipinski definition) is 4. The van der Waals surface area contributed by atoms with E-state index in [0.717, 1.165) is 49.8 Å². The average Bonchev–Trinajstić information content (AvgIpc) is 2.82. The Morgan fingerprint density at radius 3 is 2.19 bits per heavy atom. The van der Waals surface area contributed by atoms with Gasteiger partial charge in [-0.15, -0.1) is 0 Å². The van der Waals surface area contributed by atoms with E-state index in [0.29, 0.717) is 6.42 Å². The zero-order chi connectivity index (χ0) is 26.3. The van der Waals surface area contributed by atoms with Crippen molar-refractivity contribution in [3.63, 3.8) is 0 Å². The van der Waals surface area contributed by atoms with Gasteiger partial charge in [0.1, 0.15) is 5.75 Å². The number of methoxy groups -OCH3 is 1. The molecule has 0 aliphatic heterocycles. The van der Waals surface area contributed by atoms with Crippen LogP contribution in [-0.4, -0.2) is 27.1 Å². The van der Waals surface area contributed by atoms with Gasteiger partial charge in [-0.25, -0.2) is 0 Å². The Hall–Kier alpha value is -2.66. The van der Waals surface area contributed by atoms with Crippen LogP contribution in [0.2, 0.25) is 13.1 Å². The highest BCUT2D eigenvalue weighted by Crippen LogP contribution is 2.39. The van der Waals surface area contributed by atoms with E-state index in [2.05, 4.69) is 83.3 Å². The van der Waals surface area contributed by atoms with Crippen LogP contribution in [0, 0.1) is 6.92 Å². The standard InChI is InChI=1S/C31H43NO3Si/c1-22-25(21-20-24-18-16-23(17-19-24)12-9-8-10-15-28(33)34-5)32-26-13-11-14-27(35-36(6)7)29(26)30(22)31(2,3)4/h11,13-14,16-19,36H,8-10,12,15,20-21H2,1-7H3. The number of fused-ring (bicyclic) bond motifs is 1. The Balaban J connectivity index is 1.72. The highest BCUT2D eigenvalue weighted by Gasteiger charge is 2.25. The number of nitrogens with zero attached hydrogens (tertiary/aromatic N) is 1. The summed E-state index contributed by atoms with van der Waals surface area (Å²) in [6.07, 6.45) is 6.49. The molecule has 194 valence electrons. The third-order valence-electron chi connectivity index (χ3n) is 6.68. The third kappa shape index (κ3) is 7.42. The van der Waals surface area contributed by atoms with Crippen LogP contribution in [0.25, 0.3) is 10.9 Å². The SMILES string of the molecule is COC(=O)CCCCCc1ccc(CCc2nc3cccc(O[SiH](C)C)c3c(C(C)(C)C)c2C)cc1. The van der Waals surface area contributed by atoms with Crippen LogP contribution < -0.4 is 4.43 Å². The Bertz CT molecular complexity index is 1160. The molecule has 36 heavy (non-hydrogen) atoms. The van der Waals surface area contributed by atoms with Gasteiger partial charge in [0.25, 0.3) is 0 Å². The molecule has 0 unspecified atom stereocenters. The monoisotopic (exact) mass is 505 g/mol. The number of pyridine rings is 1. The van der Waals surface area contributed by atoms with Crippen molar-refractivity contribution in [3.05, 3.63) is 70.4 Å². The molecule has 3 rings (SSSR count). The number of aryl methyl sites for hydroxylation is 3. The fraction of sp³-hybridized carbons (Fsp3) is 0.484. The maximum atomic E-state index is 11.2. The van der Waals surface area contributed by atoms with Gasteiger partial charge in [0, 0.05) is 17.5 Å². The summed E-state index contributed by atoms with van der Waals surface area (Å²) < 4.78 is 11.0. The van der Waals surface area contributed by atoms with Crippen LogP contribution in [-0.2, 0) is 34.2 Å². The minimum absolute atomic E-state index is 0.00345. The van der Waals surface area contributed by atoms with Gasteiger partial charge in [-0.2, -0.15) is 0 Å². The van der Waals surface area contributed by atoms with Gasteiger partial charge in [-0.05, 0) is 91.9 Å². The molecular formula is C31H43NO3Si. The quantitative estimate of drug-likeness (QED) is 0.156. The molecule has 0 aliphatic carbocycles. The maximum absolute atomic E-state index is 11.2. The molecule has 0 aliphatic rings. The number of esters is 1. The van der Waals surface area contributed by atoms with E-state index in [-0.39, 0.29) is 11.4 Å². The number of carbonyl (C=O) groups is 1. The molecule has 1 heterocycles. The van der Waals surface area contributed by atoms with Gasteiger partial charge >= 0.3 is 5.97 Å². The minimum Gasteiger partial charge on any atom is -0.547 e. The van der Waals surface area contributed by atoms with Crippen LogP contribution in [0.5, 0.6) is 5.75 Å². The van der Waals surface area contributed by atoms with Crippen molar-refractivity contribution in [1.82, 2.24) is 4.98 Å². The van der Waals surface area contributed by atoms with Crippen molar-refractivity contribution in [2.75, 3.05) is 7.11 Å². The van der Waals surface area contributed by atoms with Crippen LogP contribution >= 0.6 is 0 Å². The largest absolute Gasteiger partial charge is 0.547 e. The van der Waals surface area contributed by atoms with Gasteiger partial charge in [0.2, 0.25) is 9.04 Å². The molecule has 0 N–H and O–H groups in total. The third-order valence-corrected chi connectivity index (χ3v) is 7.40. The summed E-state index contributed by atoms with van der Waals surface area (Å²) in [6, 6.07) is 15.3. The normalized spacial score (nSPS) is 11.8. The van der Waals surface area contributed by atoms with Gasteiger partial charge in [0.15, 0.2) is 0 Å². The Morgan fingerprint density at radius 1 is 0.917 bits per heavy atom. The lowest BCUT2D eigenvalue weighted by Crippen LogP contribution is -2.18. The van der Waals surface area contributed by atoms with Gasteiger partial charge in [-0.1, -0.05) is 57.5 Å². The first-order valence-corrected chi connectivity index (χ1v) is 16.1. The first kappa shape index (κ1) is 27.9. The summed E-state index contributed by atoms with van der Waals surface area (Å²) in [6.45, 7) is 13.5. The van der Waals surface area contributed by atoms with Crippen molar-refractivity contribution in [1.29, 1.82) is 0 Å². The smallest absolute Gasteiger partial charge is 0.305 e. The summed E-state index contributed by atoms with van der Waals surface area (Å²) >= 11 is 0. The summed E-state index contributed by atoms with van der Waals surface area (Å²) in [4.78, 5) is 16.4. The van der Waals surface area contributed by atoms with E-state index in [1.54, 1.807) is 0 Å². The number of rotatable bonds is 11. The van der Waals surface area contributed by atoms with Crippen LogP contribution in [0.3, 0.4) is 0 Å². The first-order valence-electron chi connectivity index (χ1n) is 13.3. The molecule has 0 bridgehead atoms. The van der Waals surface area contributed by atoms with Crippen LogP contribution in [0.15, 0.2) is 42.5 Å². The second-order valence-electron chi connectivity index (χ2n) is 11.1. The summed E-state index contributed by atoms with van der Waals surface area (Å²) in [5.74, 6) is 0.873. The molecule has 0 spiro atoms. The molecular weight excluding hydrogens is 462 g/mol. The minimum atomic E-state index is -1.23. The molecule has 0 amide bonds. The van der Waals surface area contributed by atoms with Gasteiger partial charge < -0.3 is 9.16 Å². The summed E-state index contributed by atoms with van der Waals surface area (Å²) in [5, 5.41) is 1.18. The van der Waals surface area contributed by atoms with Gasteiger partial charge in [-0.3, -0.25) is 9.78 Å². The molecule has 0 fully saturated rings. The van der Waals surface area contributed by atoms with E-state index >= 15 is 0 Å². The lowest BCUT2D eigenvalue weighted by Gasteiger charge is -2.27. The topological polar surface area (TPSA) is 48.4 Å². The van der Waals surface area contributed by atoms with Crippen molar-refractivity contribution < 1.29 is 14.0 Å². The number of unbranched alkanes of at least 4 members (excludes halogenated alkanes) is 2. The molecule has 0 saturated heterocycles. The number of benzene rings is 2. The van der Waals surface area contributed by atoms with Crippen molar-refractivity contribution in [3.8, 4) is 5.75 Å². The first-order chi connectivity index (χ1) is 17.1. The molecule has 0 radical (unpaired) electrons. The highest BCUT2D eigenvalue weighted by molar-refractivity contribution is 6.49. The maximum Gasteiger partial charge on any atom is 0.305 e. The fourth-order valence-electron chi connectivity index (χ4n) is 4.97. The van der Waals surface area contributed by atoms with Crippen LogP contribution in [0.4, 0.5) is 0 Å². The highest BCUT2D eigenvalue weighted by atomic mass is 28.3. The van der Waals surface area contributed by atoms with Crippen molar-refractivity contribution >= 4 is 25.9 Å². The molecule has 2 aromatic carbocycles. The van der Waals surface area contributed by atoms with E-state index < -0.39 is 9.04 Å². The predicted octanol–water partition coefficient (Wildman–Crippen LogP) is 7.26. The predicted molar refractivity (Wildman–Crippen MR) is 153 cm³/mol. The fourth-order valence-corrected chi connectivity index (χ4v) is 5.67. The van der Waals surface area contributed by atoms with E-state index in [1.165, 1.54) is 40.4 Å². The number of aromatic nitrogens is 1. The lowest BCUT2D eigenvalue weighted by atomic mass is 9.80. The Morgan fingerprint density at radius 2 is 1.58 bits per heavy atom. The van der Waals surface area contributed by atoms with E-state index in [9.17, 15) is 4.79 Å². The van der Waals surface area contributed by atoms with E-state index in [1.807, 2.05) is 0 Å². The molecule has 0 saturated carbocycles.